The Hall–Kier alpha value is -2.38. The monoisotopic (exact) mass is 300 g/mol. The number of carbonyl (C=O) groups is 3. The average molecular weight is 300 g/mol. The Morgan fingerprint density at radius 3 is 2.29 bits per heavy atom. The van der Waals surface area contributed by atoms with Crippen LogP contribution in [-0.2, 0) is 20.6 Å². The van der Waals surface area contributed by atoms with Gasteiger partial charge in [0.05, 0.1) is 11.3 Å². The van der Waals surface area contributed by atoms with Crippen molar-refractivity contribution in [3.63, 3.8) is 0 Å². The fourth-order valence-corrected chi connectivity index (χ4v) is 1.97. The first kappa shape index (κ1) is 15.0. The van der Waals surface area contributed by atoms with Crippen molar-refractivity contribution in [1.82, 2.24) is 4.90 Å². The molecule has 1 N–H and O–H groups in total. The number of amides is 3. The van der Waals surface area contributed by atoms with Crippen LogP contribution in [0.5, 0.6) is 0 Å². The molecule has 2 rings (SSSR count). The molecule has 5 nitrogen and oxygen atoms in total. The Labute approximate surface area is 117 Å². The van der Waals surface area contributed by atoms with Crippen LogP contribution in [-0.4, -0.2) is 29.2 Å². The van der Waals surface area contributed by atoms with Crippen LogP contribution in [0, 0.1) is 0 Å². The lowest BCUT2D eigenvalue weighted by Gasteiger charge is -2.16. The van der Waals surface area contributed by atoms with Gasteiger partial charge in [0.2, 0.25) is 17.7 Å². The zero-order valence-corrected chi connectivity index (χ0v) is 10.7. The fourth-order valence-electron chi connectivity index (χ4n) is 1.97. The van der Waals surface area contributed by atoms with E-state index in [9.17, 15) is 27.6 Å². The summed E-state index contributed by atoms with van der Waals surface area (Å²) >= 11 is 0. The molecule has 0 saturated carbocycles. The number of halogens is 3. The minimum absolute atomic E-state index is 0.0191. The summed E-state index contributed by atoms with van der Waals surface area (Å²) in [6, 6.07) is 4.49. The molecule has 1 aliphatic rings. The van der Waals surface area contributed by atoms with Crippen molar-refractivity contribution in [3.05, 3.63) is 29.8 Å². The lowest BCUT2D eigenvalue weighted by atomic mass is 10.1. The molecule has 0 radical (unpaired) electrons. The van der Waals surface area contributed by atoms with E-state index < -0.39 is 41.7 Å². The van der Waals surface area contributed by atoms with Gasteiger partial charge in [-0.05, 0) is 12.1 Å². The molecule has 1 fully saturated rings. The lowest BCUT2D eigenvalue weighted by Crippen LogP contribution is -2.37. The Kier molecular flexibility index (Phi) is 3.97. The number of nitrogens with one attached hydrogen (secondary N) is 1. The quantitative estimate of drug-likeness (QED) is 0.866. The van der Waals surface area contributed by atoms with E-state index in [4.69, 9.17) is 0 Å². The molecule has 0 unspecified atom stereocenters. The fraction of sp³-hybridized carbons (Fsp3) is 0.308. The molecule has 21 heavy (non-hydrogen) atoms. The number of benzene rings is 1. The van der Waals surface area contributed by atoms with Gasteiger partial charge < -0.3 is 5.32 Å². The van der Waals surface area contributed by atoms with Crippen LogP contribution >= 0.6 is 0 Å². The summed E-state index contributed by atoms with van der Waals surface area (Å²) in [6.07, 6.45) is -4.57. The number of likely N-dealkylation sites (tertiary alicyclic amines) is 1. The number of carbonyl (C=O) groups excluding carboxylic acids is 3. The van der Waals surface area contributed by atoms with Crippen molar-refractivity contribution in [3.8, 4) is 0 Å². The Balaban J connectivity index is 2.10. The molecule has 1 aromatic carbocycles. The summed E-state index contributed by atoms with van der Waals surface area (Å²) in [5.41, 5.74) is -1.40. The van der Waals surface area contributed by atoms with Gasteiger partial charge in [0.1, 0.15) is 6.54 Å². The predicted molar refractivity (Wildman–Crippen MR) is 66.0 cm³/mol. The van der Waals surface area contributed by atoms with E-state index >= 15 is 0 Å². The van der Waals surface area contributed by atoms with Crippen molar-refractivity contribution >= 4 is 23.4 Å². The van der Waals surface area contributed by atoms with Crippen molar-refractivity contribution < 1.29 is 27.6 Å². The van der Waals surface area contributed by atoms with Crippen molar-refractivity contribution in [1.29, 1.82) is 0 Å². The Bertz CT molecular complexity index is 583. The third-order valence-electron chi connectivity index (χ3n) is 2.96. The normalized spacial score (nSPS) is 15.5. The third kappa shape index (κ3) is 3.39. The summed E-state index contributed by atoms with van der Waals surface area (Å²) in [7, 11) is 0. The zero-order valence-electron chi connectivity index (χ0n) is 10.7. The number of para-hydroxylation sites is 1. The van der Waals surface area contributed by atoms with Crippen LogP contribution in [0.2, 0.25) is 0 Å². The van der Waals surface area contributed by atoms with Gasteiger partial charge in [-0.25, -0.2) is 0 Å². The zero-order chi connectivity index (χ0) is 15.6. The molecule has 1 heterocycles. The summed E-state index contributed by atoms with van der Waals surface area (Å²) in [5, 5.41) is 2.08. The SMILES string of the molecule is O=C(CN1C(=O)CCC1=O)Nc1ccccc1C(F)(F)F. The van der Waals surface area contributed by atoms with E-state index in [1.165, 1.54) is 12.1 Å². The molecule has 112 valence electrons. The number of rotatable bonds is 3. The van der Waals surface area contributed by atoms with Gasteiger partial charge in [-0.2, -0.15) is 13.2 Å². The molecule has 1 aromatic rings. The maximum absolute atomic E-state index is 12.8. The topological polar surface area (TPSA) is 66.5 Å². The lowest BCUT2D eigenvalue weighted by molar-refractivity contribution is -0.141. The van der Waals surface area contributed by atoms with Crippen LogP contribution in [0.15, 0.2) is 24.3 Å². The van der Waals surface area contributed by atoms with Gasteiger partial charge in [0.25, 0.3) is 0 Å². The number of nitrogens with zero attached hydrogens (tertiary/aromatic N) is 1. The van der Waals surface area contributed by atoms with Gasteiger partial charge in [0.15, 0.2) is 0 Å². The molecule has 0 bridgehead atoms. The summed E-state index contributed by atoms with van der Waals surface area (Å²) in [4.78, 5) is 35.1. The largest absolute Gasteiger partial charge is 0.418 e. The number of alkyl halides is 3. The molecule has 1 saturated heterocycles. The molecule has 0 aromatic heterocycles. The summed E-state index contributed by atoms with van der Waals surface area (Å²) < 4.78 is 38.3. The standard InChI is InChI=1S/C13H11F3N2O3/c14-13(15,16)8-3-1-2-4-9(8)17-10(19)7-18-11(20)5-6-12(18)21/h1-4H,5-7H2,(H,17,19). The highest BCUT2D eigenvalue weighted by atomic mass is 19.4. The molecule has 8 heteroatoms. The number of hydrogen-bond donors (Lipinski definition) is 1. The average Bonchev–Trinajstić information content (AvgIpc) is 2.70. The van der Waals surface area contributed by atoms with Gasteiger partial charge >= 0.3 is 6.18 Å². The molecule has 1 aliphatic heterocycles. The molecular formula is C13H11F3N2O3. The first-order valence-corrected chi connectivity index (χ1v) is 6.08. The van der Waals surface area contributed by atoms with Crippen LogP contribution < -0.4 is 5.32 Å². The molecule has 0 aliphatic carbocycles. The highest BCUT2D eigenvalue weighted by Gasteiger charge is 2.34. The minimum atomic E-state index is -4.61. The molecular weight excluding hydrogens is 289 g/mol. The first-order chi connectivity index (χ1) is 9.79. The van der Waals surface area contributed by atoms with Crippen molar-refractivity contribution in [2.45, 2.75) is 19.0 Å². The van der Waals surface area contributed by atoms with E-state index in [0.717, 1.165) is 17.0 Å². The van der Waals surface area contributed by atoms with E-state index in [1.807, 2.05) is 0 Å². The third-order valence-corrected chi connectivity index (χ3v) is 2.96. The molecule has 3 amide bonds. The van der Waals surface area contributed by atoms with Crippen LogP contribution in [0.25, 0.3) is 0 Å². The first-order valence-electron chi connectivity index (χ1n) is 6.08. The second-order valence-corrected chi connectivity index (χ2v) is 4.47. The highest BCUT2D eigenvalue weighted by molar-refractivity contribution is 6.06. The smallest absolute Gasteiger partial charge is 0.324 e. The minimum Gasteiger partial charge on any atom is -0.324 e. The maximum atomic E-state index is 12.8. The maximum Gasteiger partial charge on any atom is 0.418 e. The highest BCUT2D eigenvalue weighted by Crippen LogP contribution is 2.34. The number of anilines is 1. The molecule has 0 atom stereocenters. The van der Waals surface area contributed by atoms with E-state index in [0.29, 0.717) is 0 Å². The van der Waals surface area contributed by atoms with Crippen LogP contribution in [0.4, 0.5) is 18.9 Å². The summed E-state index contributed by atoms with van der Waals surface area (Å²) in [6.45, 7) is -0.580. The van der Waals surface area contributed by atoms with E-state index in [-0.39, 0.29) is 12.8 Å². The van der Waals surface area contributed by atoms with Gasteiger partial charge in [-0.15, -0.1) is 0 Å². The Morgan fingerprint density at radius 2 is 1.71 bits per heavy atom. The summed E-state index contributed by atoms with van der Waals surface area (Å²) in [5.74, 6) is -1.85. The van der Waals surface area contributed by atoms with Crippen LogP contribution in [0.3, 0.4) is 0 Å². The predicted octanol–water partition coefficient (Wildman–Crippen LogP) is 1.79. The van der Waals surface area contributed by atoms with E-state index in [2.05, 4.69) is 5.32 Å². The van der Waals surface area contributed by atoms with Crippen molar-refractivity contribution in [2.75, 3.05) is 11.9 Å². The Morgan fingerprint density at radius 1 is 1.14 bits per heavy atom. The van der Waals surface area contributed by atoms with E-state index in [1.54, 1.807) is 0 Å². The van der Waals surface area contributed by atoms with Crippen LogP contribution in [0.1, 0.15) is 18.4 Å². The number of imide groups is 1. The van der Waals surface area contributed by atoms with Gasteiger partial charge in [-0.1, -0.05) is 12.1 Å². The second kappa shape index (κ2) is 5.55. The van der Waals surface area contributed by atoms with Gasteiger partial charge in [-0.3, -0.25) is 19.3 Å². The van der Waals surface area contributed by atoms with Crippen molar-refractivity contribution in [2.24, 2.45) is 0 Å². The molecule has 0 spiro atoms. The second-order valence-electron chi connectivity index (χ2n) is 4.47. The van der Waals surface area contributed by atoms with Gasteiger partial charge in [0, 0.05) is 12.8 Å². The number of hydrogen-bond acceptors (Lipinski definition) is 3.